The maximum Gasteiger partial charge on any atom is 0.248 e. The molecule has 2 amide bonds. The van der Waals surface area contributed by atoms with Crippen LogP contribution in [-0.2, 0) is 4.79 Å². The lowest BCUT2D eigenvalue weighted by atomic mass is 10.1. The van der Waals surface area contributed by atoms with Gasteiger partial charge in [-0.05, 0) is 68.3 Å². The number of imidazole rings is 1. The summed E-state index contributed by atoms with van der Waals surface area (Å²) in [4.78, 5) is 28.1. The molecule has 28 heavy (non-hydrogen) atoms. The first-order valence-electron chi connectivity index (χ1n) is 8.83. The van der Waals surface area contributed by atoms with Gasteiger partial charge >= 0.3 is 0 Å². The van der Waals surface area contributed by atoms with Crippen molar-refractivity contribution in [3.05, 3.63) is 71.5 Å². The number of nitrogens with one attached hydrogen (secondary N) is 1. The Bertz CT molecular complexity index is 1010. The van der Waals surface area contributed by atoms with Crippen LogP contribution < -0.4 is 11.1 Å². The van der Waals surface area contributed by atoms with Crippen LogP contribution in [0.2, 0.25) is 0 Å². The van der Waals surface area contributed by atoms with Gasteiger partial charge in [0.15, 0.2) is 5.16 Å². The van der Waals surface area contributed by atoms with Gasteiger partial charge in [-0.15, -0.1) is 0 Å². The molecule has 0 fully saturated rings. The van der Waals surface area contributed by atoms with E-state index in [0.29, 0.717) is 11.3 Å². The van der Waals surface area contributed by atoms with Crippen LogP contribution >= 0.6 is 11.8 Å². The Labute approximate surface area is 168 Å². The molecule has 0 bridgehead atoms. The van der Waals surface area contributed by atoms with Gasteiger partial charge in [0, 0.05) is 29.3 Å². The second-order valence-corrected chi connectivity index (χ2v) is 7.85. The van der Waals surface area contributed by atoms with Crippen molar-refractivity contribution in [2.75, 3.05) is 5.32 Å². The van der Waals surface area contributed by atoms with Crippen molar-refractivity contribution in [2.45, 2.75) is 31.2 Å². The summed E-state index contributed by atoms with van der Waals surface area (Å²) < 4.78 is 1.97. The third kappa shape index (κ3) is 4.43. The number of carbonyl (C=O) groups is 2. The van der Waals surface area contributed by atoms with Gasteiger partial charge in [0.2, 0.25) is 11.8 Å². The molecule has 0 aliphatic rings. The Morgan fingerprint density at radius 1 is 1.11 bits per heavy atom. The molecular weight excluding hydrogens is 372 g/mol. The molecule has 0 spiro atoms. The highest BCUT2D eigenvalue weighted by Crippen LogP contribution is 2.26. The zero-order chi connectivity index (χ0) is 20.3. The van der Waals surface area contributed by atoms with Gasteiger partial charge in [0.25, 0.3) is 0 Å². The van der Waals surface area contributed by atoms with Crippen LogP contribution in [0.15, 0.2) is 60.0 Å². The molecule has 0 saturated heterocycles. The molecule has 1 atom stereocenters. The smallest absolute Gasteiger partial charge is 0.248 e. The second kappa shape index (κ2) is 8.31. The SMILES string of the molecule is Cc1ccc(-n2ccnc2SC(C)C(=O)Nc2ccc(C(N)=O)cc2)cc1C. The number of benzene rings is 2. The molecule has 0 aliphatic carbocycles. The maximum atomic E-state index is 12.5. The monoisotopic (exact) mass is 394 g/mol. The summed E-state index contributed by atoms with van der Waals surface area (Å²) in [6.07, 6.45) is 3.62. The van der Waals surface area contributed by atoms with E-state index in [1.54, 1.807) is 30.5 Å². The topological polar surface area (TPSA) is 90.0 Å². The number of nitrogens with two attached hydrogens (primary N) is 1. The maximum absolute atomic E-state index is 12.5. The fourth-order valence-electron chi connectivity index (χ4n) is 2.62. The van der Waals surface area contributed by atoms with Crippen LogP contribution in [0, 0.1) is 13.8 Å². The number of carbonyl (C=O) groups excluding carboxylic acids is 2. The van der Waals surface area contributed by atoms with E-state index >= 15 is 0 Å². The van der Waals surface area contributed by atoms with Crippen LogP contribution in [0.3, 0.4) is 0 Å². The predicted molar refractivity (Wildman–Crippen MR) is 112 cm³/mol. The molecule has 0 aliphatic heterocycles. The number of hydrogen-bond donors (Lipinski definition) is 2. The molecule has 1 heterocycles. The Kier molecular flexibility index (Phi) is 5.84. The normalized spacial score (nSPS) is 11.8. The van der Waals surface area contributed by atoms with Gasteiger partial charge in [0.1, 0.15) is 0 Å². The standard InChI is InChI=1S/C21H22N4O2S/c1-13-4-9-18(12-14(13)2)25-11-10-23-21(25)28-15(3)20(27)24-17-7-5-16(6-8-17)19(22)26/h4-12,15H,1-3H3,(H2,22,26)(H,24,27). The molecule has 3 aromatic rings. The minimum Gasteiger partial charge on any atom is -0.366 e. The lowest BCUT2D eigenvalue weighted by Gasteiger charge is -2.14. The first-order chi connectivity index (χ1) is 13.3. The number of thioether (sulfide) groups is 1. The summed E-state index contributed by atoms with van der Waals surface area (Å²) in [5, 5.41) is 3.23. The van der Waals surface area contributed by atoms with Gasteiger partial charge in [-0.25, -0.2) is 4.98 Å². The van der Waals surface area contributed by atoms with Crippen LogP contribution in [0.25, 0.3) is 5.69 Å². The van der Waals surface area contributed by atoms with E-state index in [1.807, 2.05) is 23.8 Å². The number of anilines is 1. The minimum atomic E-state index is -0.500. The molecule has 144 valence electrons. The van der Waals surface area contributed by atoms with E-state index in [-0.39, 0.29) is 11.2 Å². The minimum absolute atomic E-state index is 0.147. The lowest BCUT2D eigenvalue weighted by molar-refractivity contribution is -0.115. The summed E-state index contributed by atoms with van der Waals surface area (Å²) >= 11 is 1.38. The number of primary amides is 1. The molecule has 3 rings (SSSR count). The molecule has 1 unspecified atom stereocenters. The highest BCUT2D eigenvalue weighted by Gasteiger charge is 2.18. The van der Waals surface area contributed by atoms with Gasteiger partial charge < -0.3 is 11.1 Å². The van der Waals surface area contributed by atoms with E-state index < -0.39 is 5.91 Å². The van der Waals surface area contributed by atoms with Crippen LogP contribution in [0.1, 0.15) is 28.4 Å². The molecular formula is C21H22N4O2S. The van der Waals surface area contributed by atoms with Crippen LogP contribution in [-0.4, -0.2) is 26.6 Å². The summed E-state index contributed by atoms with van der Waals surface area (Å²) in [6, 6.07) is 12.7. The number of hydrogen-bond acceptors (Lipinski definition) is 4. The largest absolute Gasteiger partial charge is 0.366 e. The zero-order valence-corrected chi connectivity index (χ0v) is 16.8. The van der Waals surface area contributed by atoms with Crippen molar-refractivity contribution in [3.8, 4) is 5.69 Å². The van der Waals surface area contributed by atoms with Gasteiger partial charge in [-0.2, -0.15) is 0 Å². The molecule has 0 radical (unpaired) electrons. The third-order valence-electron chi connectivity index (χ3n) is 4.46. The molecule has 6 nitrogen and oxygen atoms in total. The molecule has 2 aromatic carbocycles. The quantitative estimate of drug-likeness (QED) is 0.624. The van der Waals surface area contributed by atoms with Crippen molar-refractivity contribution in [1.82, 2.24) is 9.55 Å². The van der Waals surface area contributed by atoms with E-state index in [1.165, 1.54) is 22.9 Å². The van der Waals surface area contributed by atoms with Crippen molar-refractivity contribution in [2.24, 2.45) is 5.73 Å². The first-order valence-corrected chi connectivity index (χ1v) is 9.71. The number of rotatable bonds is 6. The zero-order valence-electron chi connectivity index (χ0n) is 16.0. The van der Waals surface area contributed by atoms with Crippen molar-refractivity contribution in [1.29, 1.82) is 0 Å². The third-order valence-corrected chi connectivity index (χ3v) is 5.54. The Hall–Kier alpha value is -3.06. The van der Waals surface area contributed by atoms with E-state index in [2.05, 4.69) is 36.3 Å². The van der Waals surface area contributed by atoms with Crippen molar-refractivity contribution < 1.29 is 9.59 Å². The average Bonchev–Trinajstić information content (AvgIpc) is 3.12. The summed E-state index contributed by atoms with van der Waals surface area (Å²) in [5.74, 6) is -0.647. The lowest BCUT2D eigenvalue weighted by Crippen LogP contribution is -2.23. The van der Waals surface area contributed by atoms with Gasteiger partial charge in [0.05, 0.1) is 5.25 Å². The number of amides is 2. The van der Waals surface area contributed by atoms with Gasteiger partial charge in [-0.1, -0.05) is 17.8 Å². The number of aryl methyl sites for hydroxylation is 2. The van der Waals surface area contributed by atoms with E-state index in [9.17, 15) is 9.59 Å². The van der Waals surface area contributed by atoms with Gasteiger partial charge in [-0.3, -0.25) is 14.2 Å². The van der Waals surface area contributed by atoms with Crippen LogP contribution in [0.4, 0.5) is 5.69 Å². The summed E-state index contributed by atoms with van der Waals surface area (Å²) in [7, 11) is 0. The molecule has 7 heteroatoms. The van der Waals surface area contributed by atoms with Crippen molar-refractivity contribution >= 4 is 29.3 Å². The number of nitrogens with zero attached hydrogens (tertiary/aromatic N) is 2. The summed E-state index contributed by atoms with van der Waals surface area (Å²) in [5.41, 5.74) is 9.68. The fraction of sp³-hybridized carbons (Fsp3) is 0.190. The Balaban J connectivity index is 1.70. The van der Waals surface area contributed by atoms with Crippen molar-refractivity contribution in [3.63, 3.8) is 0 Å². The molecule has 1 aromatic heterocycles. The molecule has 3 N–H and O–H groups in total. The number of aromatic nitrogens is 2. The second-order valence-electron chi connectivity index (χ2n) is 6.54. The fourth-order valence-corrected chi connectivity index (χ4v) is 3.51. The molecule has 0 saturated carbocycles. The highest BCUT2D eigenvalue weighted by atomic mass is 32.2. The Morgan fingerprint density at radius 3 is 2.46 bits per heavy atom. The predicted octanol–water partition coefficient (Wildman–Crippen LogP) is 3.71. The van der Waals surface area contributed by atoms with E-state index in [4.69, 9.17) is 5.73 Å². The highest BCUT2D eigenvalue weighted by molar-refractivity contribution is 8.00. The Morgan fingerprint density at radius 2 is 1.82 bits per heavy atom. The van der Waals surface area contributed by atoms with E-state index in [0.717, 1.165) is 10.8 Å². The van der Waals surface area contributed by atoms with Crippen LogP contribution in [0.5, 0.6) is 0 Å². The first kappa shape index (κ1) is 19.7. The average molecular weight is 395 g/mol. The summed E-state index contributed by atoms with van der Waals surface area (Å²) in [6.45, 7) is 5.98.